The van der Waals surface area contributed by atoms with E-state index in [0.29, 0.717) is 6.42 Å². The highest BCUT2D eigenvalue weighted by Crippen LogP contribution is 2.03. The molecule has 0 saturated heterocycles. The van der Waals surface area contributed by atoms with Crippen molar-refractivity contribution >= 4 is 6.09 Å². The Morgan fingerprint density at radius 3 is 2.80 bits per heavy atom. The summed E-state index contributed by atoms with van der Waals surface area (Å²) in [6, 6.07) is -0.215. The Hall–Kier alpha value is -1.59. The molecule has 1 unspecified atom stereocenters. The van der Waals surface area contributed by atoms with Gasteiger partial charge in [-0.05, 0) is 6.92 Å². The van der Waals surface area contributed by atoms with Crippen molar-refractivity contribution in [3.8, 4) is 0 Å². The van der Waals surface area contributed by atoms with Crippen molar-refractivity contribution in [2.24, 2.45) is 0 Å². The van der Waals surface area contributed by atoms with Crippen LogP contribution in [0.4, 0.5) is 4.79 Å². The molecule has 0 aliphatic heterocycles. The third kappa shape index (κ3) is 5.66. The van der Waals surface area contributed by atoms with Gasteiger partial charge in [0.1, 0.15) is 6.61 Å². The van der Waals surface area contributed by atoms with Gasteiger partial charge < -0.3 is 9.64 Å². The first-order chi connectivity index (χ1) is 6.99. The van der Waals surface area contributed by atoms with Crippen molar-refractivity contribution in [1.82, 2.24) is 4.90 Å². The Morgan fingerprint density at radius 2 is 2.33 bits per heavy atom. The van der Waals surface area contributed by atoms with Gasteiger partial charge in [0, 0.05) is 24.4 Å². The number of hydrogen-bond acceptors (Lipinski definition) is 4. The minimum absolute atomic E-state index is 0.144. The number of nitro groups is 1. The number of nitrogens with zero attached hydrogens (tertiary/aromatic N) is 2. The summed E-state index contributed by atoms with van der Waals surface area (Å²) in [5.41, 5.74) is 0. The maximum atomic E-state index is 11.3. The zero-order valence-electron chi connectivity index (χ0n) is 9.01. The molecule has 0 heterocycles. The third-order valence-corrected chi connectivity index (χ3v) is 2.00. The van der Waals surface area contributed by atoms with Gasteiger partial charge in [-0.25, -0.2) is 4.79 Å². The van der Waals surface area contributed by atoms with Crippen LogP contribution in [0.1, 0.15) is 13.3 Å². The Balaban J connectivity index is 3.95. The molecule has 6 nitrogen and oxygen atoms in total. The van der Waals surface area contributed by atoms with E-state index in [9.17, 15) is 14.9 Å². The molecule has 0 bridgehead atoms. The van der Waals surface area contributed by atoms with Crippen LogP contribution in [-0.2, 0) is 4.74 Å². The van der Waals surface area contributed by atoms with E-state index in [1.807, 2.05) is 0 Å². The van der Waals surface area contributed by atoms with Gasteiger partial charge in [-0.15, -0.1) is 0 Å². The number of ether oxygens (including phenoxy) is 1. The van der Waals surface area contributed by atoms with Crippen LogP contribution < -0.4 is 0 Å². The summed E-state index contributed by atoms with van der Waals surface area (Å²) < 4.78 is 4.78. The Bertz CT molecular complexity index is 242. The van der Waals surface area contributed by atoms with Crippen LogP contribution in [-0.4, -0.2) is 42.2 Å². The Labute approximate surface area is 88.7 Å². The van der Waals surface area contributed by atoms with Crippen molar-refractivity contribution < 1.29 is 14.5 Å². The molecule has 0 spiro atoms. The van der Waals surface area contributed by atoms with Gasteiger partial charge in [0.05, 0.1) is 0 Å². The fourth-order valence-electron chi connectivity index (χ4n) is 0.898. The summed E-state index contributed by atoms with van der Waals surface area (Å²) in [6.07, 6.45) is 1.28. The van der Waals surface area contributed by atoms with Gasteiger partial charge in [-0.3, -0.25) is 10.1 Å². The van der Waals surface area contributed by atoms with Crippen LogP contribution in [0.15, 0.2) is 12.7 Å². The zero-order chi connectivity index (χ0) is 11.8. The quantitative estimate of drug-likeness (QED) is 0.381. The van der Waals surface area contributed by atoms with Crippen LogP contribution in [0.2, 0.25) is 0 Å². The van der Waals surface area contributed by atoms with Crippen molar-refractivity contribution in [1.29, 1.82) is 0 Å². The van der Waals surface area contributed by atoms with Gasteiger partial charge >= 0.3 is 6.09 Å². The molecule has 0 N–H and O–H groups in total. The molecule has 0 aromatic heterocycles. The highest BCUT2D eigenvalue weighted by atomic mass is 16.6. The van der Waals surface area contributed by atoms with Crippen LogP contribution in [0, 0.1) is 10.1 Å². The normalized spacial score (nSPS) is 11.6. The van der Waals surface area contributed by atoms with E-state index in [0.717, 1.165) is 0 Å². The lowest BCUT2D eigenvalue weighted by Crippen LogP contribution is -2.36. The predicted octanol–water partition coefficient (Wildman–Crippen LogP) is 1.30. The van der Waals surface area contributed by atoms with Gasteiger partial charge in [-0.2, -0.15) is 0 Å². The maximum Gasteiger partial charge on any atom is 0.410 e. The van der Waals surface area contributed by atoms with Crippen molar-refractivity contribution in [2.45, 2.75) is 19.4 Å². The van der Waals surface area contributed by atoms with Gasteiger partial charge in [-0.1, -0.05) is 12.7 Å². The van der Waals surface area contributed by atoms with Gasteiger partial charge in [0.2, 0.25) is 6.54 Å². The molecule has 0 fully saturated rings. The second kappa shape index (κ2) is 6.80. The second-order valence-electron chi connectivity index (χ2n) is 3.17. The highest BCUT2D eigenvalue weighted by Gasteiger charge is 2.18. The summed E-state index contributed by atoms with van der Waals surface area (Å²) in [4.78, 5) is 22.3. The smallest absolute Gasteiger partial charge is 0.410 e. The molecule has 0 saturated carbocycles. The first-order valence-electron chi connectivity index (χ1n) is 4.61. The summed E-state index contributed by atoms with van der Waals surface area (Å²) in [5.74, 6) is 0. The molecule has 1 amide bonds. The molecule has 0 aromatic carbocycles. The molecular formula is C9H16N2O4. The Kier molecular flexibility index (Phi) is 6.08. The molecule has 0 aliphatic carbocycles. The van der Waals surface area contributed by atoms with Gasteiger partial charge in [0.15, 0.2) is 0 Å². The van der Waals surface area contributed by atoms with Crippen LogP contribution >= 0.6 is 0 Å². The molecule has 6 heteroatoms. The van der Waals surface area contributed by atoms with Crippen molar-refractivity contribution in [3.05, 3.63) is 22.8 Å². The van der Waals surface area contributed by atoms with E-state index in [4.69, 9.17) is 4.74 Å². The molecule has 15 heavy (non-hydrogen) atoms. The van der Waals surface area contributed by atoms with E-state index in [1.165, 1.54) is 11.0 Å². The van der Waals surface area contributed by atoms with Crippen LogP contribution in [0.5, 0.6) is 0 Å². The highest BCUT2D eigenvalue weighted by molar-refractivity contribution is 5.67. The molecule has 0 radical (unpaired) electrons. The molecule has 86 valence electrons. The summed E-state index contributed by atoms with van der Waals surface area (Å²) in [5, 5.41) is 10.1. The predicted molar refractivity (Wildman–Crippen MR) is 55.2 cm³/mol. The standard InChI is InChI=1S/C9H16N2O4/c1-4-7-15-9(12)10(3)8(2)5-6-11(13)14/h4,8H,1,5-7H2,2-3H3. The summed E-state index contributed by atoms with van der Waals surface area (Å²) in [6.45, 7) is 5.14. The first-order valence-corrected chi connectivity index (χ1v) is 4.61. The van der Waals surface area contributed by atoms with Crippen LogP contribution in [0.3, 0.4) is 0 Å². The lowest BCUT2D eigenvalue weighted by atomic mass is 10.2. The fourth-order valence-corrected chi connectivity index (χ4v) is 0.898. The van der Waals surface area contributed by atoms with Crippen molar-refractivity contribution in [3.63, 3.8) is 0 Å². The zero-order valence-corrected chi connectivity index (χ0v) is 9.01. The van der Waals surface area contributed by atoms with Gasteiger partial charge in [0.25, 0.3) is 0 Å². The average Bonchev–Trinajstić information content (AvgIpc) is 2.21. The van der Waals surface area contributed by atoms with E-state index in [1.54, 1.807) is 14.0 Å². The molecule has 1 atom stereocenters. The lowest BCUT2D eigenvalue weighted by Gasteiger charge is -2.22. The van der Waals surface area contributed by atoms with E-state index in [2.05, 4.69) is 6.58 Å². The molecule has 0 rings (SSSR count). The first kappa shape index (κ1) is 13.4. The number of carbonyl (C=O) groups is 1. The molecule has 0 aromatic rings. The third-order valence-electron chi connectivity index (χ3n) is 2.00. The van der Waals surface area contributed by atoms with E-state index >= 15 is 0 Å². The number of amides is 1. The largest absolute Gasteiger partial charge is 0.445 e. The SMILES string of the molecule is C=CCOC(=O)N(C)C(C)CC[N+](=O)[O-]. The number of hydrogen-bond donors (Lipinski definition) is 0. The minimum atomic E-state index is -0.495. The minimum Gasteiger partial charge on any atom is -0.445 e. The molecule has 0 aliphatic rings. The number of carbonyl (C=O) groups excluding carboxylic acids is 1. The maximum absolute atomic E-state index is 11.3. The monoisotopic (exact) mass is 216 g/mol. The van der Waals surface area contributed by atoms with E-state index in [-0.39, 0.29) is 19.2 Å². The lowest BCUT2D eigenvalue weighted by molar-refractivity contribution is -0.481. The van der Waals surface area contributed by atoms with Crippen molar-refractivity contribution in [2.75, 3.05) is 20.2 Å². The topological polar surface area (TPSA) is 72.7 Å². The second-order valence-corrected chi connectivity index (χ2v) is 3.17. The van der Waals surface area contributed by atoms with Crippen LogP contribution in [0.25, 0.3) is 0 Å². The fraction of sp³-hybridized carbons (Fsp3) is 0.667. The number of rotatable bonds is 6. The van der Waals surface area contributed by atoms with E-state index < -0.39 is 11.0 Å². The Morgan fingerprint density at radius 1 is 1.73 bits per heavy atom. The average molecular weight is 216 g/mol. The molecular weight excluding hydrogens is 200 g/mol. The summed E-state index contributed by atoms with van der Waals surface area (Å²) >= 11 is 0. The summed E-state index contributed by atoms with van der Waals surface area (Å²) in [7, 11) is 1.55.